The fourth-order valence-electron chi connectivity index (χ4n) is 4.24. The van der Waals surface area contributed by atoms with Crippen LogP contribution in [0.15, 0.2) is 0 Å². The highest BCUT2D eigenvalue weighted by atomic mass is 16.2. The van der Waals surface area contributed by atoms with E-state index in [9.17, 15) is 9.59 Å². The minimum absolute atomic E-state index is 0.0197. The van der Waals surface area contributed by atoms with Crippen LogP contribution in [0.3, 0.4) is 0 Å². The molecule has 1 spiro atoms. The van der Waals surface area contributed by atoms with Crippen LogP contribution in [-0.2, 0) is 9.59 Å². The summed E-state index contributed by atoms with van der Waals surface area (Å²) in [6, 6.07) is 0.124. The van der Waals surface area contributed by atoms with Crippen molar-refractivity contribution in [1.82, 2.24) is 15.1 Å². The van der Waals surface area contributed by atoms with E-state index in [0.29, 0.717) is 6.42 Å². The lowest BCUT2D eigenvalue weighted by molar-refractivity contribution is -0.137. The van der Waals surface area contributed by atoms with Crippen molar-refractivity contribution >= 4 is 11.8 Å². The van der Waals surface area contributed by atoms with E-state index in [4.69, 9.17) is 0 Å². The van der Waals surface area contributed by atoms with Gasteiger partial charge in [-0.3, -0.25) is 9.59 Å². The number of amides is 2. The summed E-state index contributed by atoms with van der Waals surface area (Å²) >= 11 is 0. The Kier molecular flexibility index (Phi) is 4.95. The predicted molar refractivity (Wildman–Crippen MR) is 90.0 cm³/mol. The molecule has 1 atom stereocenters. The van der Waals surface area contributed by atoms with E-state index in [0.717, 1.165) is 44.7 Å². The summed E-state index contributed by atoms with van der Waals surface area (Å²) in [6.45, 7) is 7.61. The van der Waals surface area contributed by atoms with Gasteiger partial charge in [-0.1, -0.05) is 0 Å². The number of carbonyl (C=O) groups is 2. The van der Waals surface area contributed by atoms with Crippen LogP contribution in [0.25, 0.3) is 0 Å². The van der Waals surface area contributed by atoms with Crippen LogP contribution in [0.4, 0.5) is 0 Å². The Morgan fingerprint density at radius 1 is 1.26 bits per heavy atom. The average Bonchev–Trinajstić information content (AvgIpc) is 3.26. The average molecular weight is 321 g/mol. The van der Waals surface area contributed by atoms with Crippen molar-refractivity contribution in [2.24, 2.45) is 5.92 Å². The van der Waals surface area contributed by atoms with Crippen LogP contribution in [0.1, 0.15) is 58.8 Å². The third-order valence-electron chi connectivity index (χ3n) is 5.65. The first kappa shape index (κ1) is 16.7. The van der Waals surface area contributed by atoms with Crippen LogP contribution in [0.5, 0.6) is 0 Å². The van der Waals surface area contributed by atoms with Gasteiger partial charge < -0.3 is 15.1 Å². The number of rotatable bonds is 5. The van der Waals surface area contributed by atoms with Gasteiger partial charge in [0.25, 0.3) is 0 Å². The Balaban J connectivity index is 1.63. The summed E-state index contributed by atoms with van der Waals surface area (Å²) in [7, 11) is 0. The van der Waals surface area contributed by atoms with Crippen molar-refractivity contribution in [2.45, 2.75) is 70.4 Å². The molecule has 3 fully saturated rings. The molecule has 2 amide bonds. The molecular weight excluding hydrogens is 290 g/mol. The summed E-state index contributed by atoms with van der Waals surface area (Å²) in [5, 5.41) is 2.93. The van der Waals surface area contributed by atoms with Crippen LogP contribution in [0, 0.1) is 5.92 Å². The number of hydrogen-bond acceptors (Lipinski definition) is 3. The van der Waals surface area contributed by atoms with Gasteiger partial charge in [0.05, 0.1) is 0 Å². The molecule has 3 rings (SSSR count). The Hall–Kier alpha value is -1.10. The molecule has 23 heavy (non-hydrogen) atoms. The number of nitrogens with one attached hydrogen (secondary N) is 1. The Labute approximate surface area is 139 Å². The van der Waals surface area contributed by atoms with Crippen LogP contribution >= 0.6 is 0 Å². The number of nitrogens with zero attached hydrogens (tertiary/aromatic N) is 2. The van der Waals surface area contributed by atoms with Crippen molar-refractivity contribution < 1.29 is 9.59 Å². The molecule has 0 radical (unpaired) electrons. The first-order chi connectivity index (χ1) is 11.0. The van der Waals surface area contributed by atoms with E-state index < -0.39 is 0 Å². The lowest BCUT2D eigenvalue weighted by Crippen LogP contribution is -2.51. The third kappa shape index (κ3) is 4.06. The molecule has 0 aromatic carbocycles. The minimum Gasteiger partial charge on any atom is -0.352 e. The van der Waals surface area contributed by atoms with E-state index >= 15 is 0 Å². The number of hydrogen-bond donors (Lipinski definition) is 1. The van der Waals surface area contributed by atoms with Crippen LogP contribution in [-0.4, -0.2) is 59.4 Å². The molecule has 0 unspecified atom stereocenters. The lowest BCUT2D eigenvalue weighted by Gasteiger charge is -2.38. The van der Waals surface area contributed by atoms with Gasteiger partial charge in [0.2, 0.25) is 11.8 Å². The molecule has 2 saturated heterocycles. The molecule has 130 valence electrons. The van der Waals surface area contributed by atoms with E-state index in [1.807, 2.05) is 18.7 Å². The highest BCUT2D eigenvalue weighted by Crippen LogP contribution is 2.39. The topological polar surface area (TPSA) is 52.7 Å². The molecule has 2 heterocycles. The summed E-state index contributed by atoms with van der Waals surface area (Å²) < 4.78 is 0. The largest absolute Gasteiger partial charge is 0.352 e. The van der Waals surface area contributed by atoms with Gasteiger partial charge in [-0.25, -0.2) is 0 Å². The molecular formula is C18H31N3O2. The smallest absolute Gasteiger partial charge is 0.239 e. The van der Waals surface area contributed by atoms with Crippen LogP contribution < -0.4 is 5.32 Å². The molecule has 0 aromatic rings. The molecule has 1 aliphatic carbocycles. The molecule has 1 N–H and O–H groups in total. The van der Waals surface area contributed by atoms with Gasteiger partial charge in [0.15, 0.2) is 0 Å². The Morgan fingerprint density at radius 3 is 2.74 bits per heavy atom. The molecule has 1 saturated carbocycles. The summed E-state index contributed by atoms with van der Waals surface area (Å²) in [6.07, 6.45) is 7.54. The minimum atomic E-state index is -0.0658. The Morgan fingerprint density at radius 2 is 2.04 bits per heavy atom. The molecule has 3 aliphatic rings. The number of carbonyl (C=O) groups excluding carboxylic acids is 2. The quantitative estimate of drug-likeness (QED) is 0.839. The normalized spacial score (nSPS) is 29.3. The van der Waals surface area contributed by atoms with Crippen molar-refractivity contribution in [3.05, 3.63) is 0 Å². The highest BCUT2D eigenvalue weighted by Gasteiger charge is 2.46. The first-order valence-corrected chi connectivity index (χ1v) is 9.31. The number of likely N-dealkylation sites (tertiary alicyclic amines) is 2. The second-order valence-corrected chi connectivity index (χ2v) is 8.02. The molecule has 0 bridgehead atoms. The van der Waals surface area contributed by atoms with Crippen molar-refractivity contribution in [3.63, 3.8) is 0 Å². The van der Waals surface area contributed by atoms with Gasteiger partial charge in [-0.15, -0.1) is 0 Å². The lowest BCUT2D eigenvalue weighted by atomic mass is 9.87. The maximum Gasteiger partial charge on any atom is 0.239 e. The molecule has 5 heteroatoms. The molecule has 2 aliphatic heterocycles. The van der Waals surface area contributed by atoms with Crippen molar-refractivity contribution in [1.29, 1.82) is 0 Å². The highest BCUT2D eigenvalue weighted by molar-refractivity contribution is 5.87. The second-order valence-electron chi connectivity index (χ2n) is 8.02. The molecule has 0 aromatic heterocycles. The zero-order valence-electron chi connectivity index (χ0n) is 14.6. The van der Waals surface area contributed by atoms with E-state index in [2.05, 4.69) is 10.2 Å². The van der Waals surface area contributed by atoms with Gasteiger partial charge >= 0.3 is 0 Å². The summed E-state index contributed by atoms with van der Waals surface area (Å²) in [5.74, 6) is 1.07. The standard InChI is InChI=1S/C18H31N3O2/c1-14(2)19-16(22)13-21-17(23)6-8-18(21)7-3-10-20(11-9-18)12-15-4-5-15/h14-15H,3-13H2,1-2H3,(H,19,22)/t18-/m1/s1. The first-order valence-electron chi connectivity index (χ1n) is 9.31. The zero-order chi connectivity index (χ0) is 16.4. The third-order valence-corrected chi connectivity index (χ3v) is 5.65. The fraction of sp³-hybridized carbons (Fsp3) is 0.889. The van der Waals surface area contributed by atoms with Gasteiger partial charge in [0.1, 0.15) is 6.54 Å². The van der Waals surface area contributed by atoms with Crippen LogP contribution in [0.2, 0.25) is 0 Å². The maximum atomic E-state index is 12.4. The van der Waals surface area contributed by atoms with Crippen molar-refractivity contribution in [3.8, 4) is 0 Å². The SMILES string of the molecule is CC(C)NC(=O)CN1C(=O)CC[C@@]12CCCN(CC1CC1)CC2. The zero-order valence-corrected chi connectivity index (χ0v) is 14.6. The molecule has 5 nitrogen and oxygen atoms in total. The summed E-state index contributed by atoms with van der Waals surface area (Å²) in [5.41, 5.74) is -0.0658. The fourth-order valence-corrected chi connectivity index (χ4v) is 4.24. The van der Waals surface area contributed by atoms with Gasteiger partial charge in [-0.05, 0) is 64.8 Å². The summed E-state index contributed by atoms with van der Waals surface area (Å²) in [4.78, 5) is 29.0. The second kappa shape index (κ2) is 6.80. The van der Waals surface area contributed by atoms with E-state index in [1.165, 1.54) is 19.4 Å². The predicted octanol–water partition coefficient (Wildman–Crippen LogP) is 1.77. The van der Waals surface area contributed by atoms with Gasteiger partial charge in [-0.2, -0.15) is 0 Å². The van der Waals surface area contributed by atoms with E-state index in [-0.39, 0.29) is 29.9 Å². The van der Waals surface area contributed by atoms with Crippen molar-refractivity contribution in [2.75, 3.05) is 26.2 Å². The van der Waals surface area contributed by atoms with E-state index in [1.54, 1.807) is 0 Å². The monoisotopic (exact) mass is 321 g/mol. The van der Waals surface area contributed by atoms with Gasteiger partial charge in [0, 0.05) is 31.1 Å². The maximum absolute atomic E-state index is 12.4. The Bertz CT molecular complexity index is 461.